The molecule has 1 saturated heterocycles. The molecule has 0 spiro atoms. The lowest BCUT2D eigenvalue weighted by Crippen LogP contribution is -2.28. The smallest absolute Gasteiger partial charge is 0.252 e. The summed E-state index contributed by atoms with van der Waals surface area (Å²) in [5.41, 5.74) is -0.284. The Labute approximate surface area is 108 Å². The predicted molar refractivity (Wildman–Crippen MR) is 68.6 cm³/mol. The molecular weight excluding hydrogens is 254 g/mol. The van der Waals surface area contributed by atoms with Crippen molar-refractivity contribution in [1.82, 2.24) is 9.97 Å². The molecule has 2 rings (SSSR count). The highest BCUT2D eigenvalue weighted by Gasteiger charge is 2.32. The van der Waals surface area contributed by atoms with Crippen LogP contribution >= 0.6 is 11.8 Å². The molecule has 1 aromatic rings. The fourth-order valence-electron chi connectivity index (χ4n) is 1.91. The van der Waals surface area contributed by atoms with Crippen LogP contribution in [0.3, 0.4) is 0 Å². The molecule has 18 heavy (non-hydrogen) atoms. The van der Waals surface area contributed by atoms with Gasteiger partial charge in [0.2, 0.25) is 5.91 Å². The van der Waals surface area contributed by atoms with Crippen LogP contribution in [-0.2, 0) is 9.59 Å². The number of hydrogen-bond donors (Lipinski definition) is 1. The topological polar surface area (TPSA) is 83.1 Å². The van der Waals surface area contributed by atoms with Crippen molar-refractivity contribution in [3.05, 3.63) is 22.2 Å². The third-order valence-electron chi connectivity index (χ3n) is 2.55. The molecule has 1 aliphatic rings. The van der Waals surface area contributed by atoms with E-state index in [9.17, 15) is 14.4 Å². The van der Waals surface area contributed by atoms with Crippen molar-refractivity contribution in [2.45, 2.75) is 25.5 Å². The van der Waals surface area contributed by atoms with Gasteiger partial charge in [-0.15, -0.1) is 0 Å². The fourth-order valence-corrected chi connectivity index (χ4v) is 2.83. The Morgan fingerprint density at radius 1 is 1.56 bits per heavy atom. The molecule has 1 fully saturated rings. The van der Waals surface area contributed by atoms with Crippen LogP contribution in [0.4, 0.5) is 5.82 Å². The van der Waals surface area contributed by atoms with E-state index in [2.05, 4.69) is 9.97 Å². The van der Waals surface area contributed by atoms with Gasteiger partial charge in [0.1, 0.15) is 11.6 Å². The number of aromatic amines is 1. The van der Waals surface area contributed by atoms with Gasteiger partial charge in [-0.25, -0.2) is 4.98 Å². The molecule has 6 nitrogen and oxygen atoms in total. The van der Waals surface area contributed by atoms with Crippen LogP contribution in [0.2, 0.25) is 0 Å². The molecule has 1 atom stereocenters. The molecule has 96 valence electrons. The second-order valence-electron chi connectivity index (χ2n) is 4.13. The zero-order chi connectivity index (χ0) is 13.3. The summed E-state index contributed by atoms with van der Waals surface area (Å²) < 4.78 is 0. The number of nitrogens with one attached hydrogen (secondary N) is 1. The Bertz CT molecular complexity index is 555. The summed E-state index contributed by atoms with van der Waals surface area (Å²) in [6.07, 6.45) is 0.303. The summed E-state index contributed by atoms with van der Waals surface area (Å²) in [4.78, 5) is 42.3. The van der Waals surface area contributed by atoms with E-state index < -0.39 is 0 Å². The summed E-state index contributed by atoms with van der Waals surface area (Å²) in [6.45, 7) is 3.56. The number of carbonyl (C=O) groups excluding carboxylic acids is 2. The van der Waals surface area contributed by atoms with Gasteiger partial charge < -0.3 is 4.98 Å². The van der Waals surface area contributed by atoms with Gasteiger partial charge in [-0.05, 0) is 6.92 Å². The highest BCUT2D eigenvalue weighted by Crippen LogP contribution is 2.26. The first kappa shape index (κ1) is 12.8. The van der Waals surface area contributed by atoms with Crippen LogP contribution in [0, 0.1) is 6.92 Å². The Hall–Kier alpha value is -1.63. The number of carbonyl (C=O) groups is 2. The Morgan fingerprint density at radius 3 is 2.89 bits per heavy atom. The summed E-state index contributed by atoms with van der Waals surface area (Å²) in [7, 11) is 0. The average molecular weight is 267 g/mol. The molecule has 0 aliphatic carbocycles. The zero-order valence-electron chi connectivity index (χ0n) is 10.1. The molecule has 2 heterocycles. The van der Waals surface area contributed by atoms with E-state index in [4.69, 9.17) is 0 Å². The average Bonchev–Trinajstić information content (AvgIpc) is 2.56. The standard InChI is InChI=1S/C11H13N3O3S/c1-6-12-9(4-10(16)13-6)14-5-8(3-11(14)17)18-7(2)15/h4,8H,3,5H2,1-2H3,(H,12,13,16). The van der Waals surface area contributed by atoms with Crippen molar-refractivity contribution in [2.24, 2.45) is 0 Å². The molecule has 1 unspecified atom stereocenters. The number of rotatable bonds is 2. The van der Waals surface area contributed by atoms with Crippen LogP contribution in [0.5, 0.6) is 0 Å². The van der Waals surface area contributed by atoms with Crippen molar-refractivity contribution in [2.75, 3.05) is 11.4 Å². The van der Waals surface area contributed by atoms with Gasteiger partial charge in [-0.3, -0.25) is 19.3 Å². The number of amides is 1. The van der Waals surface area contributed by atoms with Crippen molar-refractivity contribution in [1.29, 1.82) is 0 Å². The van der Waals surface area contributed by atoms with Gasteiger partial charge >= 0.3 is 0 Å². The minimum Gasteiger partial charge on any atom is -0.311 e. The number of anilines is 1. The summed E-state index contributed by atoms with van der Waals surface area (Å²) >= 11 is 1.16. The molecule has 0 saturated carbocycles. The van der Waals surface area contributed by atoms with Crippen LogP contribution in [-0.4, -0.2) is 32.8 Å². The van der Waals surface area contributed by atoms with E-state index in [0.717, 1.165) is 11.8 Å². The molecule has 1 aromatic heterocycles. The van der Waals surface area contributed by atoms with Gasteiger partial charge in [0, 0.05) is 31.2 Å². The minimum atomic E-state index is -0.284. The Kier molecular flexibility index (Phi) is 3.51. The van der Waals surface area contributed by atoms with Crippen LogP contribution in [0.1, 0.15) is 19.2 Å². The molecule has 0 aromatic carbocycles. The van der Waals surface area contributed by atoms with E-state index in [1.165, 1.54) is 17.9 Å². The molecule has 1 aliphatic heterocycles. The number of aromatic nitrogens is 2. The number of nitrogens with zero attached hydrogens (tertiary/aromatic N) is 2. The second-order valence-corrected chi connectivity index (χ2v) is 5.61. The quantitative estimate of drug-likeness (QED) is 0.841. The minimum absolute atomic E-state index is 0.00954. The highest BCUT2D eigenvalue weighted by molar-refractivity contribution is 8.14. The third-order valence-corrected chi connectivity index (χ3v) is 3.53. The Morgan fingerprint density at radius 2 is 2.28 bits per heavy atom. The van der Waals surface area contributed by atoms with Crippen molar-refractivity contribution in [3.8, 4) is 0 Å². The third kappa shape index (κ3) is 2.79. The van der Waals surface area contributed by atoms with Gasteiger partial charge in [0.05, 0.1) is 0 Å². The maximum absolute atomic E-state index is 11.8. The SMILES string of the molecule is CC(=O)SC1CC(=O)N(c2cc(=O)[nH]c(C)n2)C1. The maximum atomic E-state index is 11.8. The van der Waals surface area contributed by atoms with Crippen LogP contribution < -0.4 is 10.5 Å². The largest absolute Gasteiger partial charge is 0.311 e. The highest BCUT2D eigenvalue weighted by atomic mass is 32.2. The molecular formula is C11H13N3O3S. The van der Waals surface area contributed by atoms with E-state index in [1.54, 1.807) is 6.92 Å². The van der Waals surface area contributed by atoms with E-state index >= 15 is 0 Å². The normalized spacial score (nSPS) is 19.3. The maximum Gasteiger partial charge on any atom is 0.252 e. The van der Waals surface area contributed by atoms with E-state index in [1.807, 2.05) is 0 Å². The van der Waals surface area contributed by atoms with Crippen molar-refractivity contribution >= 4 is 28.6 Å². The molecule has 1 amide bonds. The first-order chi connectivity index (χ1) is 8.45. The molecule has 0 radical (unpaired) electrons. The number of H-pyrrole nitrogens is 1. The number of thioether (sulfide) groups is 1. The summed E-state index contributed by atoms with van der Waals surface area (Å²) in [5.74, 6) is 0.715. The van der Waals surface area contributed by atoms with E-state index in [-0.39, 0.29) is 21.8 Å². The molecule has 7 heteroatoms. The first-order valence-corrected chi connectivity index (χ1v) is 6.39. The van der Waals surface area contributed by atoms with Gasteiger partial charge in [0.15, 0.2) is 5.12 Å². The lowest BCUT2D eigenvalue weighted by atomic mass is 10.4. The number of hydrogen-bond acceptors (Lipinski definition) is 5. The lowest BCUT2D eigenvalue weighted by molar-refractivity contribution is -0.117. The zero-order valence-corrected chi connectivity index (χ0v) is 10.9. The summed E-state index contributed by atoms with van der Waals surface area (Å²) in [6, 6.07) is 1.30. The van der Waals surface area contributed by atoms with Gasteiger partial charge in [-0.1, -0.05) is 11.8 Å². The molecule has 0 bridgehead atoms. The Balaban J connectivity index is 2.21. The van der Waals surface area contributed by atoms with E-state index in [0.29, 0.717) is 24.6 Å². The number of aryl methyl sites for hydroxylation is 1. The van der Waals surface area contributed by atoms with Crippen molar-refractivity contribution < 1.29 is 9.59 Å². The predicted octanol–water partition coefficient (Wildman–Crippen LogP) is 0.463. The van der Waals surface area contributed by atoms with Crippen molar-refractivity contribution in [3.63, 3.8) is 0 Å². The lowest BCUT2D eigenvalue weighted by Gasteiger charge is -2.15. The monoisotopic (exact) mass is 267 g/mol. The summed E-state index contributed by atoms with van der Waals surface area (Å²) in [5, 5.41) is -0.0684. The fraction of sp³-hybridized carbons (Fsp3) is 0.455. The molecule has 1 N–H and O–H groups in total. The van der Waals surface area contributed by atoms with Gasteiger partial charge in [0.25, 0.3) is 5.56 Å². The second kappa shape index (κ2) is 4.93. The van der Waals surface area contributed by atoms with Crippen LogP contribution in [0.15, 0.2) is 10.9 Å². The van der Waals surface area contributed by atoms with Crippen LogP contribution in [0.25, 0.3) is 0 Å². The van der Waals surface area contributed by atoms with Gasteiger partial charge in [-0.2, -0.15) is 0 Å². The first-order valence-electron chi connectivity index (χ1n) is 5.51.